The molecule has 278 valence electrons. The number of hydrogen-bond donors (Lipinski definition) is 0. The zero-order chi connectivity index (χ0) is 37.0. The van der Waals surface area contributed by atoms with E-state index in [9.17, 15) is 18.7 Å². The normalized spacial score (nSPS) is 19.6. The molecule has 0 aromatic heterocycles. The van der Waals surface area contributed by atoms with Crippen molar-refractivity contribution in [3.8, 4) is 0 Å². The highest BCUT2D eigenvalue weighted by atomic mass is 31.2. The van der Waals surface area contributed by atoms with Gasteiger partial charge in [0.1, 0.15) is 23.9 Å². The first-order chi connectivity index (χ1) is 23.7. The quantitative estimate of drug-likeness (QED) is 0.136. The summed E-state index contributed by atoms with van der Waals surface area (Å²) in [4.78, 5) is 28.0. The Kier molecular flexibility index (Phi) is 16.0. The van der Waals surface area contributed by atoms with Crippen molar-refractivity contribution in [1.82, 2.24) is 4.90 Å². The molecule has 0 spiro atoms. The van der Waals surface area contributed by atoms with Gasteiger partial charge in [0.2, 0.25) is 5.91 Å². The molecule has 4 atom stereocenters. The van der Waals surface area contributed by atoms with Gasteiger partial charge in [-0.2, -0.15) is 0 Å². The Morgan fingerprint density at radius 1 is 0.760 bits per heavy atom. The molecular formula is C35H51NO12P2. The van der Waals surface area contributed by atoms with Crippen molar-refractivity contribution >= 4 is 27.2 Å². The van der Waals surface area contributed by atoms with Crippen LogP contribution < -0.4 is 0 Å². The van der Waals surface area contributed by atoms with E-state index in [1.807, 2.05) is 60.7 Å². The number of benzene rings is 2. The van der Waals surface area contributed by atoms with Crippen LogP contribution in [0.1, 0.15) is 66.5 Å². The van der Waals surface area contributed by atoms with E-state index < -0.39 is 62.4 Å². The maximum absolute atomic E-state index is 14.5. The number of amides is 2. The summed E-state index contributed by atoms with van der Waals surface area (Å²) in [6, 6.07) is 17.2. The van der Waals surface area contributed by atoms with Crippen molar-refractivity contribution in [1.29, 1.82) is 0 Å². The smallest absolute Gasteiger partial charge is 0.417 e. The lowest BCUT2D eigenvalue weighted by molar-refractivity contribution is -0.162. The molecule has 15 heteroatoms. The van der Waals surface area contributed by atoms with Gasteiger partial charge in [-0.3, -0.25) is 13.9 Å². The fourth-order valence-electron chi connectivity index (χ4n) is 5.19. The number of ether oxygens (including phenoxy) is 4. The third kappa shape index (κ3) is 11.4. The molecule has 1 fully saturated rings. The lowest BCUT2D eigenvalue weighted by Gasteiger charge is -2.34. The van der Waals surface area contributed by atoms with Crippen LogP contribution in [0.4, 0.5) is 4.79 Å². The van der Waals surface area contributed by atoms with Crippen LogP contribution in [0, 0.1) is 0 Å². The van der Waals surface area contributed by atoms with Gasteiger partial charge in [-0.1, -0.05) is 60.7 Å². The Morgan fingerprint density at radius 2 is 1.20 bits per heavy atom. The number of nitrogens with zero attached hydrogens (tertiary/aromatic N) is 1. The fourth-order valence-corrected chi connectivity index (χ4v) is 9.77. The summed E-state index contributed by atoms with van der Waals surface area (Å²) in [5.41, 5.74) is 0.608. The average molecular weight is 740 g/mol. The van der Waals surface area contributed by atoms with Gasteiger partial charge in [0, 0.05) is 6.92 Å². The Labute approximate surface area is 295 Å². The van der Waals surface area contributed by atoms with Crippen LogP contribution >= 0.6 is 15.2 Å². The molecule has 1 aliphatic heterocycles. The maximum Gasteiger partial charge on any atom is 0.417 e. The third-order valence-corrected chi connectivity index (χ3v) is 12.4. The van der Waals surface area contributed by atoms with Crippen molar-refractivity contribution in [2.45, 2.75) is 98.7 Å². The van der Waals surface area contributed by atoms with Gasteiger partial charge >= 0.3 is 21.3 Å². The molecular weight excluding hydrogens is 688 g/mol. The van der Waals surface area contributed by atoms with Crippen LogP contribution in [0.5, 0.6) is 0 Å². The van der Waals surface area contributed by atoms with E-state index in [4.69, 9.17) is 37.0 Å². The summed E-state index contributed by atoms with van der Waals surface area (Å²) in [5, 5.41) is -0.398. The first-order valence-corrected chi connectivity index (χ1v) is 19.8. The molecule has 0 saturated carbocycles. The van der Waals surface area contributed by atoms with E-state index in [0.29, 0.717) is 0 Å². The molecule has 1 saturated heterocycles. The highest BCUT2D eigenvalue weighted by molar-refractivity contribution is 7.78. The van der Waals surface area contributed by atoms with Crippen LogP contribution in [-0.4, -0.2) is 73.5 Å². The second kappa shape index (κ2) is 19.2. The SMILES string of the molecule is CCOP(=O)(OCC)C(=C[C@H]1O[C@@H](OCc2ccccc2)[C@H](N(C(C)=O)C(=O)OC(C)(C)C)[C@H]1OCc1ccccc1)P(=O)(OCC)OCC. The largest absolute Gasteiger partial charge is 0.443 e. The first kappa shape index (κ1) is 41.7. The van der Waals surface area contributed by atoms with Gasteiger partial charge < -0.3 is 37.0 Å². The van der Waals surface area contributed by atoms with Crippen molar-refractivity contribution in [2.75, 3.05) is 26.4 Å². The van der Waals surface area contributed by atoms with Crippen LogP contribution in [0.3, 0.4) is 0 Å². The van der Waals surface area contributed by atoms with Gasteiger partial charge in [0.15, 0.2) is 11.3 Å². The summed E-state index contributed by atoms with van der Waals surface area (Å²) < 4.78 is 76.4. The van der Waals surface area contributed by atoms with Crippen molar-refractivity contribution in [3.05, 3.63) is 82.9 Å². The summed E-state index contributed by atoms with van der Waals surface area (Å²) in [5.74, 6) is -0.664. The molecule has 0 radical (unpaired) electrons. The predicted molar refractivity (Wildman–Crippen MR) is 187 cm³/mol. The second-order valence-electron chi connectivity index (χ2n) is 12.1. The topological polar surface area (TPSA) is 145 Å². The van der Waals surface area contributed by atoms with Crippen LogP contribution in [0.2, 0.25) is 0 Å². The monoisotopic (exact) mass is 739 g/mol. The molecule has 0 bridgehead atoms. The minimum absolute atomic E-state index is 0.0136. The first-order valence-electron chi connectivity index (χ1n) is 16.7. The lowest BCUT2D eigenvalue weighted by atomic mass is 10.1. The standard InChI is InChI=1S/C35H51NO12P2/c1-9-43-49(39,44-10-2)30(50(40,45-11-3)46-12-4)23-29-32(41-24-27-19-15-13-16-20-27)31(36(26(5)37)34(38)48-35(6,7)8)33(47-29)42-25-28-21-17-14-18-22-28/h13-23,29,31-33H,9-12,24-25H2,1-8H3/t29-,31-,32+,33-/m1/s1. The average Bonchev–Trinajstić information content (AvgIpc) is 3.38. The number of rotatable bonds is 18. The highest BCUT2D eigenvalue weighted by Crippen LogP contribution is 2.74. The van der Waals surface area contributed by atoms with E-state index in [-0.39, 0.29) is 39.6 Å². The van der Waals surface area contributed by atoms with Crippen molar-refractivity contribution in [3.63, 3.8) is 0 Å². The molecule has 2 aromatic rings. The van der Waals surface area contributed by atoms with E-state index in [1.54, 1.807) is 48.5 Å². The Bertz CT molecular complexity index is 1450. The minimum Gasteiger partial charge on any atom is -0.443 e. The van der Waals surface area contributed by atoms with Crippen molar-refractivity contribution in [2.24, 2.45) is 0 Å². The number of carbonyl (C=O) groups excluding carboxylic acids is 2. The van der Waals surface area contributed by atoms with Gasteiger partial charge in [0.05, 0.1) is 39.6 Å². The van der Waals surface area contributed by atoms with E-state index >= 15 is 0 Å². The molecule has 2 aromatic carbocycles. The fraction of sp³-hybridized carbons (Fsp3) is 0.543. The molecule has 1 heterocycles. The Hall–Kier alpha value is -2.70. The van der Waals surface area contributed by atoms with Gasteiger partial charge in [-0.05, 0) is 65.7 Å². The molecule has 0 aliphatic carbocycles. The third-order valence-electron chi connectivity index (χ3n) is 7.07. The summed E-state index contributed by atoms with van der Waals surface area (Å²) in [6.45, 7) is 12.5. The number of carbonyl (C=O) groups is 2. The Morgan fingerprint density at radius 3 is 1.60 bits per heavy atom. The van der Waals surface area contributed by atoms with E-state index in [1.165, 1.54) is 13.0 Å². The second-order valence-corrected chi connectivity index (χ2v) is 16.4. The summed E-state index contributed by atoms with van der Waals surface area (Å²) >= 11 is 0. The molecule has 0 unspecified atom stereocenters. The Balaban J connectivity index is 2.29. The van der Waals surface area contributed by atoms with E-state index in [2.05, 4.69) is 0 Å². The predicted octanol–water partition coefficient (Wildman–Crippen LogP) is 8.04. The zero-order valence-electron chi connectivity index (χ0n) is 30.1. The van der Waals surface area contributed by atoms with Crippen molar-refractivity contribution < 1.29 is 55.8 Å². The van der Waals surface area contributed by atoms with Gasteiger partial charge in [0.25, 0.3) is 0 Å². The van der Waals surface area contributed by atoms with Crippen LogP contribution in [0.25, 0.3) is 0 Å². The molecule has 50 heavy (non-hydrogen) atoms. The molecule has 0 N–H and O–H groups in total. The van der Waals surface area contributed by atoms with Gasteiger partial charge in [-0.15, -0.1) is 0 Å². The van der Waals surface area contributed by atoms with Crippen LogP contribution in [-0.2, 0) is 64.2 Å². The zero-order valence-corrected chi connectivity index (χ0v) is 31.9. The number of hydrogen-bond acceptors (Lipinski definition) is 12. The molecule has 3 rings (SSSR count). The highest BCUT2D eigenvalue weighted by Gasteiger charge is 2.54. The summed E-state index contributed by atoms with van der Waals surface area (Å²) in [7, 11) is -8.72. The van der Waals surface area contributed by atoms with Gasteiger partial charge in [-0.25, -0.2) is 9.69 Å². The molecule has 2 amide bonds. The minimum atomic E-state index is -4.36. The van der Waals surface area contributed by atoms with Crippen LogP contribution in [0.15, 0.2) is 71.8 Å². The van der Waals surface area contributed by atoms with E-state index in [0.717, 1.165) is 16.0 Å². The lowest BCUT2D eigenvalue weighted by Crippen LogP contribution is -2.55. The molecule has 13 nitrogen and oxygen atoms in total. The number of imide groups is 1. The maximum atomic E-state index is 14.5. The molecule has 1 aliphatic rings. The summed E-state index contributed by atoms with van der Waals surface area (Å²) in [6.07, 6.45) is -3.41.